The van der Waals surface area contributed by atoms with Gasteiger partial charge in [0.15, 0.2) is 11.6 Å². The molecule has 1 aromatic carbocycles. The lowest BCUT2D eigenvalue weighted by Crippen LogP contribution is -2.62. The van der Waals surface area contributed by atoms with Crippen LogP contribution in [0.2, 0.25) is 0 Å². The largest absolute Gasteiger partial charge is 0.387 e. The number of fused-ring (bicyclic) bond motifs is 2. The van der Waals surface area contributed by atoms with Gasteiger partial charge in [0.05, 0.1) is 6.61 Å². The Morgan fingerprint density at radius 2 is 1.35 bits per heavy atom. The molecule has 0 aromatic heterocycles. The van der Waals surface area contributed by atoms with Crippen LogP contribution in [-0.2, 0) is 30.3 Å². The molecule has 2 unspecified atom stereocenters. The van der Waals surface area contributed by atoms with Gasteiger partial charge in [-0.05, 0) is 45.4 Å². The van der Waals surface area contributed by atoms with E-state index < -0.39 is 48.2 Å². The molecule has 144 valence electrons. The van der Waals surface area contributed by atoms with Crippen molar-refractivity contribution in [2.75, 3.05) is 0 Å². The number of ether oxygens (including phenoxy) is 5. The van der Waals surface area contributed by atoms with Crippen molar-refractivity contribution in [3.63, 3.8) is 0 Å². The van der Waals surface area contributed by atoms with Crippen molar-refractivity contribution < 1.29 is 28.8 Å². The molecule has 6 nitrogen and oxygen atoms in total. The normalized spacial score (nSPS) is 40.2. The Morgan fingerprint density at radius 1 is 0.885 bits per heavy atom. The van der Waals surface area contributed by atoms with E-state index in [9.17, 15) is 5.11 Å². The summed E-state index contributed by atoms with van der Waals surface area (Å²) in [6.45, 7) is 7.76. The highest BCUT2D eigenvalue weighted by Crippen LogP contribution is 2.45. The maximum atomic E-state index is 10.8. The SMILES string of the molecule is CC1(C)O[C@@H]2C(OCc3ccc(Br)cc3)[C@H]3OC(C)(C)O[C@H]3C(O)[C@H]2O1. The van der Waals surface area contributed by atoms with E-state index in [0.717, 1.165) is 10.0 Å². The molecular formula is C19H25BrO6. The van der Waals surface area contributed by atoms with E-state index >= 15 is 0 Å². The summed E-state index contributed by atoms with van der Waals surface area (Å²) in [5, 5.41) is 10.8. The number of aliphatic hydroxyl groups excluding tert-OH is 1. The highest BCUT2D eigenvalue weighted by atomic mass is 79.9. The Kier molecular flexibility index (Phi) is 4.71. The van der Waals surface area contributed by atoms with Gasteiger partial charge in [-0.25, -0.2) is 0 Å². The molecule has 1 saturated carbocycles. The predicted octanol–water partition coefficient (Wildman–Crippen LogP) is 2.75. The van der Waals surface area contributed by atoms with E-state index in [1.54, 1.807) is 0 Å². The monoisotopic (exact) mass is 428 g/mol. The van der Waals surface area contributed by atoms with Crippen molar-refractivity contribution in [1.82, 2.24) is 0 Å². The highest BCUT2D eigenvalue weighted by molar-refractivity contribution is 9.10. The van der Waals surface area contributed by atoms with Gasteiger partial charge in [-0.1, -0.05) is 28.1 Å². The average Bonchev–Trinajstić information content (AvgIpc) is 3.05. The van der Waals surface area contributed by atoms with Gasteiger partial charge in [-0.15, -0.1) is 0 Å². The van der Waals surface area contributed by atoms with Gasteiger partial charge in [0.1, 0.15) is 36.6 Å². The first kappa shape index (κ1) is 18.8. The molecule has 4 rings (SSSR count). The summed E-state index contributed by atoms with van der Waals surface area (Å²) < 4.78 is 31.3. The van der Waals surface area contributed by atoms with E-state index in [1.165, 1.54) is 0 Å². The molecule has 1 aliphatic carbocycles. The van der Waals surface area contributed by atoms with Crippen LogP contribution in [0.15, 0.2) is 28.7 Å². The summed E-state index contributed by atoms with van der Waals surface area (Å²) in [6, 6.07) is 7.96. The minimum Gasteiger partial charge on any atom is -0.387 e. The van der Waals surface area contributed by atoms with Crippen molar-refractivity contribution in [1.29, 1.82) is 0 Å². The Hall–Kier alpha value is -0.540. The first-order valence-corrected chi connectivity index (χ1v) is 9.70. The lowest BCUT2D eigenvalue weighted by molar-refractivity contribution is -0.190. The molecule has 0 bridgehead atoms. The Morgan fingerprint density at radius 3 is 1.85 bits per heavy atom. The van der Waals surface area contributed by atoms with Gasteiger partial charge < -0.3 is 28.8 Å². The Balaban J connectivity index is 1.57. The molecule has 2 saturated heterocycles. The van der Waals surface area contributed by atoms with E-state index in [1.807, 2.05) is 52.0 Å². The standard InChI is InChI=1S/C19H25BrO6/c1-18(2)23-13-12(21)14-17(26-19(3,4)24-14)15(16(13)25-18)22-9-10-5-7-11(20)8-6-10/h5-8,12-17,21H,9H2,1-4H3/t12?,13-,14+,15?,16-,17-/m0/s1. The lowest BCUT2D eigenvalue weighted by Gasteiger charge is -2.40. The molecule has 0 spiro atoms. The number of halogens is 1. The number of rotatable bonds is 3. The van der Waals surface area contributed by atoms with E-state index in [-0.39, 0.29) is 0 Å². The number of aliphatic hydroxyl groups is 1. The van der Waals surface area contributed by atoms with E-state index in [2.05, 4.69) is 15.9 Å². The number of benzene rings is 1. The van der Waals surface area contributed by atoms with Crippen molar-refractivity contribution in [2.45, 2.75) is 82.5 Å². The van der Waals surface area contributed by atoms with Crippen molar-refractivity contribution in [2.24, 2.45) is 0 Å². The maximum absolute atomic E-state index is 10.8. The first-order valence-electron chi connectivity index (χ1n) is 8.91. The summed E-state index contributed by atoms with van der Waals surface area (Å²) in [5.74, 6) is -1.58. The van der Waals surface area contributed by atoms with Crippen LogP contribution in [0.25, 0.3) is 0 Å². The molecule has 0 amide bonds. The van der Waals surface area contributed by atoms with Crippen LogP contribution < -0.4 is 0 Å². The third-order valence-corrected chi connectivity index (χ3v) is 5.53. The molecule has 26 heavy (non-hydrogen) atoms. The molecule has 0 radical (unpaired) electrons. The zero-order valence-corrected chi connectivity index (χ0v) is 16.9. The van der Waals surface area contributed by atoms with E-state index in [0.29, 0.717) is 6.61 Å². The van der Waals surface area contributed by atoms with E-state index in [4.69, 9.17) is 23.7 Å². The molecule has 2 aliphatic heterocycles. The molecule has 7 heteroatoms. The molecule has 3 aliphatic rings. The maximum Gasteiger partial charge on any atom is 0.164 e. The van der Waals surface area contributed by atoms with Crippen LogP contribution in [0.1, 0.15) is 33.3 Å². The number of hydrogen-bond acceptors (Lipinski definition) is 6. The third-order valence-electron chi connectivity index (χ3n) is 5.00. The molecule has 1 N–H and O–H groups in total. The third kappa shape index (κ3) is 3.46. The topological polar surface area (TPSA) is 66.4 Å². The molecule has 1 aromatic rings. The van der Waals surface area contributed by atoms with Crippen LogP contribution in [0, 0.1) is 0 Å². The summed E-state index contributed by atoms with van der Waals surface area (Å²) in [6.07, 6.45) is -3.11. The number of hydrogen-bond donors (Lipinski definition) is 1. The Labute approximate surface area is 161 Å². The van der Waals surface area contributed by atoms with Crippen LogP contribution in [-0.4, -0.2) is 53.3 Å². The second-order valence-electron chi connectivity index (χ2n) is 8.02. The summed E-state index contributed by atoms with van der Waals surface area (Å²) in [4.78, 5) is 0. The fourth-order valence-electron chi connectivity index (χ4n) is 4.01. The molecule has 6 atom stereocenters. The van der Waals surface area contributed by atoms with Crippen molar-refractivity contribution >= 4 is 15.9 Å². The van der Waals surface area contributed by atoms with Gasteiger partial charge in [-0.2, -0.15) is 0 Å². The smallest absolute Gasteiger partial charge is 0.164 e. The van der Waals surface area contributed by atoms with Gasteiger partial charge in [0, 0.05) is 4.47 Å². The van der Waals surface area contributed by atoms with Crippen LogP contribution in [0.4, 0.5) is 0 Å². The predicted molar refractivity (Wildman–Crippen MR) is 96.4 cm³/mol. The lowest BCUT2D eigenvalue weighted by atomic mass is 9.85. The average molecular weight is 429 g/mol. The quantitative estimate of drug-likeness (QED) is 0.798. The zero-order chi connectivity index (χ0) is 18.7. The molecular weight excluding hydrogens is 404 g/mol. The fraction of sp³-hybridized carbons (Fsp3) is 0.684. The van der Waals surface area contributed by atoms with Crippen molar-refractivity contribution in [3.8, 4) is 0 Å². The second kappa shape index (κ2) is 6.51. The zero-order valence-electron chi connectivity index (χ0n) is 15.3. The van der Waals surface area contributed by atoms with Gasteiger partial charge in [0.2, 0.25) is 0 Å². The van der Waals surface area contributed by atoms with Gasteiger partial charge in [0.25, 0.3) is 0 Å². The molecule has 2 heterocycles. The minimum atomic E-state index is -0.832. The Bertz CT molecular complexity index is 628. The van der Waals surface area contributed by atoms with Crippen LogP contribution in [0.5, 0.6) is 0 Å². The van der Waals surface area contributed by atoms with Crippen LogP contribution in [0.3, 0.4) is 0 Å². The van der Waals surface area contributed by atoms with Gasteiger partial charge >= 0.3 is 0 Å². The fourth-order valence-corrected chi connectivity index (χ4v) is 4.27. The first-order chi connectivity index (χ1) is 12.2. The summed E-state index contributed by atoms with van der Waals surface area (Å²) in [5.41, 5.74) is 1.05. The second-order valence-corrected chi connectivity index (χ2v) is 8.94. The van der Waals surface area contributed by atoms with Gasteiger partial charge in [-0.3, -0.25) is 0 Å². The summed E-state index contributed by atoms with van der Waals surface area (Å²) >= 11 is 3.44. The van der Waals surface area contributed by atoms with Crippen LogP contribution >= 0.6 is 15.9 Å². The molecule has 3 fully saturated rings. The summed E-state index contributed by atoms with van der Waals surface area (Å²) in [7, 11) is 0. The minimum absolute atomic E-state index is 0.402. The van der Waals surface area contributed by atoms with Crippen molar-refractivity contribution in [3.05, 3.63) is 34.3 Å². The highest BCUT2D eigenvalue weighted by Gasteiger charge is 2.63.